The van der Waals surface area contributed by atoms with Crippen LogP contribution in [0.25, 0.3) is 10.9 Å². The van der Waals surface area contributed by atoms with Crippen LogP contribution in [0.4, 0.5) is 11.4 Å². The number of methoxy groups -OCH3 is 1. The van der Waals surface area contributed by atoms with E-state index in [1.165, 1.54) is 31.4 Å². The van der Waals surface area contributed by atoms with Crippen molar-refractivity contribution in [3.05, 3.63) is 54.2 Å². The quantitative estimate of drug-likeness (QED) is 0.699. The van der Waals surface area contributed by atoms with Crippen LogP contribution in [0.2, 0.25) is 0 Å². The molecule has 2 heterocycles. The fourth-order valence-corrected chi connectivity index (χ4v) is 3.64. The molecular weight excluding hydrogens is 338 g/mol. The average Bonchev–Trinajstić information content (AvgIpc) is 2.94. The van der Waals surface area contributed by atoms with E-state index in [-0.39, 0.29) is 5.91 Å². The molecule has 3 aromatic rings. The lowest BCUT2D eigenvalue weighted by molar-refractivity contribution is 0.102. The predicted molar refractivity (Wildman–Crippen MR) is 110 cm³/mol. The van der Waals surface area contributed by atoms with Gasteiger partial charge in [0.25, 0.3) is 5.91 Å². The van der Waals surface area contributed by atoms with Crippen LogP contribution in [-0.2, 0) is 0 Å². The number of rotatable bonds is 4. The number of aromatic nitrogens is 1. The van der Waals surface area contributed by atoms with Crippen molar-refractivity contribution < 1.29 is 9.53 Å². The van der Waals surface area contributed by atoms with Crippen molar-refractivity contribution in [1.82, 2.24) is 4.98 Å². The Morgan fingerprint density at radius 1 is 1.00 bits per heavy atom. The van der Waals surface area contributed by atoms with Gasteiger partial charge in [0.05, 0.1) is 7.11 Å². The summed E-state index contributed by atoms with van der Waals surface area (Å²) in [6.07, 6.45) is 5.15. The maximum absolute atomic E-state index is 12.6. The SMILES string of the molecule is COc1ccc2cc(C(=O)Nc3ccc(N4CCCCCC4)cc3)[nH]c2c1. The van der Waals surface area contributed by atoms with Gasteiger partial charge in [0.2, 0.25) is 0 Å². The first kappa shape index (κ1) is 17.5. The zero-order chi connectivity index (χ0) is 18.6. The summed E-state index contributed by atoms with van der Waals surface area (Å²) in [5.74, 6) is 0.619. The van der Waals surface area contributed by atoms with E-state index >= 15 is 0 Å². The molecule has 4 rings (SSSR count). The minimum Gasteiger partial charge on any atom is -0.497 e. The highest BCUT2D eigenvalue weighted by Gasteiger charge is 2.12. The largest absolute Gasteiger partial charge is 0.497 e. The molecule has 2 N–H and O–H groups in total. The Kier molecular flexibility index (Phi) is 5.01. The van der Waals surface area contributed by atoms with Gasteiger partial charge in [-0.25, -0.2) is 0 Å². The first-order valence-corrected chi connectivity index (χ1v) is 9.56. The van der Waals surface area contributed by atoms with Gasteiger partial charge in [0.1, 0.15) is 11.4 Å². The molecule has 1 saturated heterocycles. The maximum Gasteiger partial charge on any atom is 0.272 e. The molecule has 0 radical (unpaired) electrons. The van der Waals surface area contributed by atoms with Gasteiger partial charge in [-0.05, 0) is 55.3 Å². The first-order chi connectivity index (χ1) is 13.2. The average molecular weight is 363 g/mol. The second kappa shape index (κ2) is 7.74. The zero-order valence-corrected chi connectivity index (χ0v) is 15.6. The molecule has 2 aromatic carbocycles. The number of nitrogens with zero attached hydrogens (tertiary/aromatic N) is 1. The van der Waals surface area contributed by atoms with Crippen LogP contribution in [0, 0.1) is 0 Å². The number of benzene rings is 2. The van der Waals surface area contributed by atoms with Crippen LogP contribution in [0.1, 0.15) is 36.2 Å². The van der Waals surface area contributed by atoms with E-state index in [4.69, 9.17) is 4.74 Å². The third-order valence-corrected chi connectivity index (χ3v) is 5.17. The molecule has 1 amide bonds. The van der Waals surface area contributed by atoms with Crippen LogP contribution in [-0.4, -0.2) is 31.1 Å². The van der Waals surface area contributed by atoms with Gasteiger partial charge in [-0.3, -0.25) is 4.79 Å². The number of anilines is 2. The highest BCUT2D eigenvalue weighted by atomic mass is 16.5. The van der Waals surface area contributed by atoms with Gasteiger partial charge in [-0.15, -0.1) is 0 Å². The Bertz CT molecular complexity index is 922. The normalized spacial score (nSPS) is 14.8. The molecule has 1 aromatic heterocycles. The molecule has 0 spiro atoms. The minimum absolute atomic E-state index is 0.146. The molecule has 1 aliphatic rings. The molecule has 0 aliphatic carbocycles. The number of ether oxygens (including phenoxy) is 1. The van der Waals surface area contributed by atoms with E-state index in [0.717, 1.165) is 35.4 Å². The summed E-state index contributed by atoms with van der Waals surface area (Å²) in [5, 5.41) is 3.95. The maximum atomic E-state index is 12.6. The van der Waals surface area contributed by atoms with E-state index in [1.54, 1.807) is 7.11 Å². The van der Waals surface area contributed by atoms with E-state index in [1.807, 2.05) is 36.4 Å². The van der Waals surface area contributed by atoms with Crippen molar-refractivity contribution >= 4 is 28.2 Å². The monoisotopic (exact) mass is 363 g/mol. The van der Waals surface area contributed by atoms with Crippen LogP contribution in [0.5, 0.6) is 5.75 Å². The topological polar surface area (TPSA) is 57.4 Å². The number of hydrogen-bond donors (Lipinski definition) is 2. The van der Waals surface area contributed by atoms with Crippen molar-refractivity contribution in [1.29, 1.82) is 0 Å². The molecule has 5 nitrogen and oxygen atoms in total. The smallest absolute Gasteiger partial charge is 0.272 e. The number of nitrogens with one attached hydrogen (secondary N) is 2. The summed E-state index contributed by atoms with van der Waals surface area (Å²) in [4.78, 5) is 18.2. The van der Waals surface area contributed by atoms with Gasteiger partial charge < -0.3 is 19.9 Å². The summed E-state index contributed by atoms with van der Waals surface area (Å²) >= 11 is 0. The number of carbonyl (C=O) groups is 1. The third kappa shape index (κ3) is 3.92. The zero-order valence-electron chi connectivity index (χ0n) is 15.6. The van der Waals surface area contributed by atoms with Crippen LogP contribution < -0.4 is 15.0 Å². The van der Waals surface area contributed by atoms with Crippen LogP contribution in [0.3, 0.4) is 0 Å². The van der Waals surface area contributed by atoms with E-state index in [9.17, 15) is 4.79 Å². The Balaban J connectivity index is 1.46. The Hall–Kier alpha value is -2.95. The second-order valence-electron chi connectivity index (χ2n) is 7.04. The first-order valence-electron chi connectivity index (χ1n) is 9.56. The molecular formula is C22H25N3O2. The summed E-state index contributed by atoms with van der Waals surface area (Å²) in [7, 11) is 1.63. The van der Waals surface area contributed by atoms with Crippen molar-refractivity contribution in [2.75, 3.05) is 30.4 Å². The molecule has 27 heavy (non-hydrogen) atoms. The fraction of sp³-hybridized carbons (Fsp3) is 0.318. The highest BCUT2D eigenvalue weighted by Crippen LogP contribution is 2.24. The third-order valence-electron chi connectivity index (χ3n) is 5.17. The molecule has 0 unspecified atom stereocenters. The van der Waals surface area contributed by atoms with Crippen molar-refractivity contribution in [2.45, 2.75) is 25.7 Å². The molecule has 5 heteroatoms. The number of H-pyrrole nitrogens is 1. The predicted octanol–water partition coefficient (Wildman–Crippen LogP) is 4.81. The number of carbonyl (C=O) groups excluding carboxylic acids is 1. The lowest BCUT2D eigenvalue weighted by atomic mass is 10.2. The second-order valence-corrected chi connectivity index (χ2v) is 7.04. The van der Waals surface area contributed by atoms with Crippen LogP contribution >= 0.6 is 0 Å². The van der Waals surface area contributed by atoms with Crippen molar-refractivity contribution in [3.63, 3.8) is 0 Å². The summed E-state index contributed by atoms with van der Waals surface area (Å²) in [5.41, 5.74) is 3.45. The number of fused-ring (bicyclic) bond motifs is 1. The molecule has 0 bridgehead atoms. The lowest BCUT2D eigenvalue weighted by Crippen LogP contribution is -2.23. The van der Waals surface area contributed by atoms with E-state index in [2.05, 4.69) is 27.3 Å². The van der Waals surface area contributed by atoms with Crippen molar-refractivity contribution in [2.24, 2.45) is 0 Å². The lowest BCUT2D eigenvalue weighted by Gasteiger charge is -2.22. The minimum atomic E-state index is -0.146. The standard InChI is InChI=1S/C22H25N3O2/c1-27-19-11-6-16-14-21(24-20(16)15-19)22(26)23-17-7-9-18(10-8-17)25-12-4-2-3-5-13-25/h6-11,14-15,24H,2-5,12-13H2,1H3,(H,23,26). The fourth-order valence-electron chi connectivity index (χ4n) is 3.64. The molecule has 1 fully saturated rings. The number of aromatic amines is 1. The molecule has 140 valence electrons. The van der Waals surface area contributed by atoms with Crippen LogP contribution in [0.15, 0.2) is 48.5 Å². The number of hydrogen-bond acceptors (Lipinski definition) is 3. The summed E-state index contributed by atoms with van der Waals surface area (Å²) in [6.45, 7) is 2.23. The van der Waals surface area contributed by atoms with Crippen molar-refractivity contribution in [3.8, 4) is 5.75 Å². The summed E-state index contributed by atoms with van der Waals surface area (Å²) in [6, 6.07) is 15.7. The van der Waals surface area contributed by atoms with Gasteiger partial charge in [-0.2, -0.15) is 0 Å². The number of amides is 1. The molecule has 0 atom stereocenters. The van der Waals surface area contributed by atoms with Gasteiger partial charge in [0.15, 0.2) is 0 Å². The highest BCUT2D eigenvalue weighted by molar-refractivity contribution is 6.06. The Morgan fingerprint density at radius 2 is 1.74 bits per heavy atom. The van der Waals surface area contributed by atoms with E-state index in [0.29, 0.717) is 5.69 Å². The molecule has 0 saturated carbocycles. The Labute approximate surface area is 159 Å². The van der Waals surface area contributed by atoms with Gasteiger partial charge in [0, 0.05) is 41.4 Å². The van der Waals surface area contributed by atoms with Gasteiger partial charge in [-0.1, -0.05) is 12.8 Å². The Morgan fingerprint density at radius 3 is 2.44 bits per heavy atom. The summed E-state index contributed by atoms with van der Waals surface area (Å²) < 4.78 is 5.23. The molecule has 1 aliphatic heterocycles. The van der Waals surface area contributed by atoms with E-state index < -0.39 is 0 Å². The van der Waals surface area contributed by atoms with Gasteiger partial charge >= 0.3 is 0 Å².